The number of nitrogens with one attached hydrogen (secondary N) is 1. The first-order chi connectivity index (χ1) is 12.9. The third-order valence-electron chi connectivity index (χ3n) is 3.63. The van der Waals surface area contributed by atoms with E-state index in [1.807, 2.05) is 6.07 Å². The Balaban J connectivity index is 2.04. The van der Waals surface area contributed by atoms with Gasteiger partial charge in [-0.25, -0.2) is 4.79 Å². The van der Waals surface area contributed by atoms with Gasteiger partial charge >= 0.3 is 5.97 Å². The highest BCUT2D eigenvalue weighted by Crippen LogP contribution is 2.28. The first-order valence-corrected chi connectivity index (χ1v) is 8.21. The van der Waals surface area contributed by atoms with Crippen LogP contribution in [0.5, 0.6) is 11.5 Å². The number of rotatable bonds is 6. The SMILES string of the molecule is COc1ccc(C(=O)OC(C)C(=O)Nc2ccc(C#N)c(Cl)c2)cc1OC. The van der Waals surface area contributed by atoms with E-state index in [0.29, 0.717) is 22.7 Å². The summed E-state index contributed by atoms with van der Waals surface area (Å²) in [6.45, 7) is 1.44. The van der Waals surface area contributed by atoms with E-state index >= 15 is 0 Å². The topological polar surface area (TPSA) is 97.6 Å². The maximum Gasteiger partial charge on any atom is 0.339 e. The minimum atomic E-state index is -1.06. The maximum atomic E-state index is 12.3. The molecule has 0 aliphatic heterocycles. The fourth-order valence-corrected chi connectivity index (χ4v) is 2.40. The summed E-state index contributed by atoms with van der Waals surface area (Å²) in [5.41, 5.74) is 0.898. The number of carbonyl (C=O) groups is 2. The fraction of sp³-hybridized carbons (Fsp3) is 0.211. The van der Waals surface area contributed by atoms with Crippen molar-refractivity contribution in [2.24, 2.45) is 0 Å². The molecule has 27 heavy (non-hydrogen) atoms. The molecule has 1 unspecified atom stereocenters. The van der Waals surface area contributed by atoms with Crippen molar-refractivity contribution in [3.63, 3.8) is 0 Å². The molecule has 140 valence electrons. The van der Waals surface area contributed by atoms with Gasteiger partial charge in [-0.05, 0) is 43.3 Å². The molecule has 2 aromatic rings. The van der Waals surface area contributed by atoms with Crippen LogP contribution in [-0.4, -0.2) is 32.2 Å². The molecule has 0 aliphatic carbocycles. The van der Waals surface area contributed by atoms with Crippen molar-refractivity contribution in [1.82, 2.24) is 0 Å². The predicted molar refractivity (Wildman–Crippen MR) is 99.2 cm³/mol. The molecule has 0 saturated heterocycles. The second-order valence-corrected chi connectivity index (χ2v) is 5.82. The largest absolute Gasteiger partial charge is 0.493 e. The number of hydrogen-bond donors (Lipinski definition) is 1. The molecule has 2 aromatic carbocycles. The third-order valence-corrected chi connectivity index (χ3v) is 3.94. The van der Waals surface area contributed by atoms with Crippen molar-refractivity contribution in [1.29, 1.82) is 5.26 Å². The second kappa shape index (κ2) is 8.92. The summed E-state index contributed by atoms with van der Waals surface area (Å²) in [6.07, 6.45) is -1.06. The molecule has 1 atom stereocenters. The molecule has 0 fully saturated rings. The highest BCUT2D eigenvalue weighted by atomic mass is 35.5. The Kier molecular flexibility index (Phi) is 6.63. The summed E-state index contributed by atoms with van der Waals surface area (Å²) in [4.78, 5) is 24.5. The molecule has 1 N–H and O–H groups in total. The Morgan fingerprint density at radius 1 is 1.11 bits per heavy atom. The minimum absolute atomic E-state index is 0.213. The summed E-state index contributed by atoms with van der Waals surface area (Å²) in [5, 5.41) is 11.7. The van der Waals surface area contributed by atoms with Gasteiger partial charge in [-0.3, -0.25) is 4.79 Å². The average Bonchev–Trinajstić information content (AvgIpc) is 2.67. The van der Waals surface area contributed by atoms with E-state index < -0.39 is 18.0 Å². The zero-order valence-corrected chi connectivity index (χ0v) is 15.7. The van der Waals surface area contributed by atoms with Crippen LogP contribution in [0.15, 0.2) is 36.4 Å². The maximum absolute atomic E-state index is 12.3. The van der Waals surface area contributed by atoms with Gasteiger partial charge in [-0.15, -0.1) is 0 Å². The van der Waals surface area contributed by atoms with Gasteiger partial charge in [0.25, 0.3) is 5.91 Å². The normalized spacial score (nSPS) is 11.1. The van der Waals surface area contributed by atoms with E-state index in [2.05, 4.69) is 5.32 Å². The molecule has 0 radical (unpaired) electrons. The predicted octanol–water partition coefficient (Wildman–Crippen LogP) is 3.41. The Morgan fingerprint density at radius 3 is 2.41 bits per heavy atom. The second-order valence-electron chi connectivity index (χ2n) is 5.41. The molecular weight excluding hydrogens is 372 g/mol. The molecule has 0 heterocycles. The fourth-order valence-electron chi connectivity index (χ4n) is 2.17. The molecule has 7 nitrogen and oxygen atoms in total. The first-order valence-electron chi connectivity index (χ1n) is 7.83. The van der Waals surface area contributed by atoms with Crippen LogP contribution in [0.2, 0.25) is 5.02 Å². The number of benzene rings is 2. The third kappa shape index (κ3) is 4.90. The molecule has 0 bridgehead atoms. The lowest BCUT2D eigenvalue weighted by Gasteiger charge is -2.15. The van der Waals surface area contributed by atoms with Gasteiger partial charge < -0.3 is 19.5 Å². The Bertz CT molecular complexity index is 907. The monoisotopic (exact) mass is 388 g/mol. The lowest BCUT2D eigenvalue weighted by atomic mass is 10.2. The molecule has 0 saturated carbocycles. The van der Waals surface area contributed by atoms with E-state index in [1.54, 1.807) is 6.07 Å². The van der Waals surface area contributed by atoms with E-state index in [-0.39, 0.29) is 10.6 Å². The van der Waals surface area contributed by atoms with Crippen LogP contribution in [0.25, 0.3) is 0 Å². The number of esters is 1. The van der Waals surface area contributed by atoms with Crippen molar-refractivity contribution < 1.29 is 23.8 Å². The van der Waals surface area contributed by atoms with Gasteiger partial charge in [0.2, 0.25) is 0 Å². The van der Waals surface area contributed by atoms with Gasteiger partial charge in [0, 0.05) is 5.69 Å². The zero-order chi connectivity index (χ0) is 20.0. The summed E-state index contributed by atoms with van der Waals surface area (Å²) in [5.74, 6) is -0.380. The van der Waals surface area contributed by atoms with Crippen LogP contribution >= 0.6 is 11.6 Å². The lowest BCUT2D eigenvalue weighted by Crippen LogP contribution is -2.30. The Hall–Kier alpha value is -3.24. The number of nitriles is 1. The highest BCUT2D eigenvalue weighted by Gasteiger charge is 2.20. The summed E-state index contributed by atoms with van der Waals surface area (Å²) < 4.78 is 15.4. The number of methoxy groups -OCH3 is 2. The summed E-state index contributed by atoms with van der Waals surface area (Å²) in [6, 6.07) is 10.9. The van der Waals surface area contributed by atoms with Crippen LogP contribution in [-0.2, 0) is 9.53 Å². The molecule has 2 rings (SSSR count). The molecule has 0 aromatic heterocycles. The van der Waals surface area contributed by atoms with Gasteiger partial charge in [0.1, 0.15) is 6.07 Å². The van der Waals surface area contributed by atoms with Crippen molar-refractivity contribution in [2.75, 3.05) is 19.5 Å². The van der Waals surface area contributed by atoms with Crippen molar-refractivity contribution in [3.05, 3.63) is 52.5 Å². The number of hydrogen-bond acceptors (Lipinski definition) is 6. The Labute approximate surface area is 161 Å². The van der Waals surface area contributed by atoms with E-state index in [9.17, 15) is 9.59 Å². The van der Waals surface area contributed by atoms with Crippen molar-refractivity contribution >= 4 is 29.2 Å². The highest BCUT2D eigenvalue weighted by molar-refractivity contribution is 6.32. The number of nitrogens with zero attached hydrogens (tertiary/aromatic N) is 1. The number of halogens is 1. The number of carbonyl (C=O) groups excluding carboxylic acids is 2. The van der Waals surface area contributed by atoms with Gasteiger partial charge in [-0.2, -0.15) is 5.26 Å². The van der Waals surface area contributed by atoms with Crippen LogP contribution in [0.3, 0.4) is 0 Å². The molecular formula is C19H17ClN2O5. The van der Waals surface area contributed by atoms with Gasteiger partial charge in [0.15, 0.2) is 17.6 Å². The van der Waals surface area contributed by atoms with Crippen LogP contribution in [0, 0.1) is 11.3 Å². The Morgan fingerprint density at radius 2 is 1.81 bits per heavy atom. The van der Waals surface area contributed by atoms with Gasteiger partial charge in [-0.1, -0.05) is 11.6 Å². The van der Waals surface area contributed by atoms with Crippen molar-refractivity contribution in [2.45, 2.75) is 13.0 Å². The minimum Gasteiger partial charge on any atom is -0.493 e. The molecule has 0 aliphatic rings. The summed E-state index contributed by atoms with van der Waals surface area (Å²) >= 11 is 5.93. The van der Waals surface area contributed by atoms with Crippen molar-refractivity contribution in [3.8, 4) is 17.6 Å². The van der Waals surface area contributed by atoms with Gasteiger partial charge in [0.05, 0.1) is 30.4 Å². The molecule has 1 amide bonds. The van der Waals surface area contributed by atoms with Crippen LogP contribution < -0.4 is 14.8 Å². The number of amides is 1. The summed E-state index contributed by atoms with van der Waals surface area (Å²) in [7, 11) is 2.93. The molecule has 8 heteroatoms. The molecule has 0 spiro atoms. The number of ether oxygens (including phenoxy) is 3. The lowest BCUT2D eigenvalue weighted by molar-refractivity contribution is -0.123. The zero-order valence-electron chi connectivity index (χ0n) is 14.9. The van der Waals surface area contributed by atoms with E-state index in [0.717, 1.165) is 0 Å². The first kappa shape index (κ1) is 20.1. The van der Waals surface area contributed by atoms with E-state index in [4.69, 9.17) is 31.1 Å². The number of anilines is 1. The smallest absolute Gasteiger partial charge is 0.339 e. The average molecular weight is 389 g/mol. The van der Waals surface area contributed by atoms with E-state index in [1.165, 1.54) is 51.5 Å². The van der Waals surface area contributed by atoms with Crippen LogP contribution in [0.4, 0.5) is 5.69 Å². The quantitative estimate of drug-likeness (QED) is 0.761. The van der Waals surface area contributed by atoms with Crippen LogP contribution in [0.1, 0.15) is 22.8 Å². The standard InChI is InChI=1S/C19H17ClN2O5/c1-11(18(23)22-14-6-4-13(10-21)15(20)9-14)27-19(24)12-5-7-16(25-2)17(8-12)26-3/h4-9,11H,1-3H3,(H,22,23).